The van der Waals surface area contributed by atoms with Crippen molar-refractivity contribution in [3.63, 3.8) is 0 Å². The molecule has 170 valence electrons. The van der Waals surface area contributed by atoms with Gasteiger partial charge in [0.25, 0.3) is 5.91 Å². The average molecular weight is 444 g/mol. The van der Waals surface area contributed by atoms with Crippen molar-refractivity contribution >= 4 is 11.7 Å². The summed E-state index contributed by atoms with van der Waals surface area (Å²) in [5.41, 5.74) is 4.37. The maximum Gasteiger partial charge on any atom is 0.253 e. The van der Waals surface area contributed by atoms with E-state index in [2.05, 4.69) is 23.7 Å². The summed E-state index contributed by atoms with van der Waals surface area (Å²) in [6.07, 6.45) is 3.51. The van der Waals surface area contributed by atoms with Gasteiger partial charge in [0.2, 0.25) is 0 Å². The quantitative estimate of drug-likeness (QED) is 0.589. The molecule has 0 spiro atoms. The highest BCUT2D eigenvalue weighted by Crippen LogP contribution is 2.24. The number of hydrogen-bond donors (Lipinski definition) is 1. The van der Waals surface area contributed by atoms with E-state index in [4.69, 9.17) is 5.11 Å². The normalized spacial score (nSPS) is 18.8. The average Bonchev–Trinajstić information content (AvgIpc) is 2.86. The molecule has 1 fully saturated rings. The van der Waals surface area contributed by atoms with E-state index >= 15 is 0 Å². The van der Waals surface area contributed by atoms with Crippen LogP contribution < -0.4 is 0 Å². The molecule has 6 nitrogen and oxygen atoms in total. The second-order valence-electron chi connectivity index (χ2n) is 8.68. The number of Topliss-reactive ketones (excluding diaryl/α,β-unsaturated/α-hetero) is 1. The molecule has 2 atom stereocenters. The number of ketones is 1. The van der Waals surface area contributed by atoms with Crippen LogP contribution in [-0.4, -0.2) is 63.4 Å². The fraction of sp³-hybridized carbons (Fsp3) is 0.296. The molecule has 1 aliphatic heterocycles. The molecular formula is C27H29N3O3. The highest BCUT2D eigenvalue weighted by atomic mass is 16.3. The van der Waals surface area contributed by atoms with Crippen LogP contribution in [0.1, 0.15) is 40.1 Å². The molecule has 1 aliphatic rings. The fourth-order valence-electron chi connectivity index (χ4n) is 4.49. The van der Waals surface area contributed by atoms with Crippen LogP contribution in [0, 0.1) is 0 Å². The monoisotopic (exact) mass is 443 g/mol. The van der Waals surface area contributed by atoms with E-state index in [9.17, 15) is 9.59 Å². The summed E-state index contributed by atoms with van der Waals surface area (Å²) in [6.45, 7) is 5.87. The molecule has 0 saturated carbocycles. The first kappa shape index (κ1) is 22.8. The van der Waals surface area contributed by atoms with Crippen molar-refractivity contribution < 1.29 is 14.7 Å². The van der Waals surface area contributed by atoms with Crippen molar-refractivity contribution in [2.24, 2.45) is 0 Å². The van der Waals surface area contributed by atoms with Gasteiger partial charge in [0.05, 0.1) is 0 Å². The van der Waals surface area contributed by atoms with Crippen molar-refractivity contribution in [3.05, 3.63) is 89.7 Å². The minimum Gasteiger partial charge on any atom is -0.388 e. The van der Waals surface area contributed by atoms with Crippen molar-refractivity contribution in [1.29, 1.82) is 0 Å². The molecule has 4 rings (SSSR count). The lowest BCUT2D eigenvalue weighted by atomic mass is 10.0. The number of hydrogen-bond acceptors (Lipinski definition) is 5. The number of carbonyl (C=O) groups is 2. The van der Waals surface area contributed by atoms with E-state index in [0.717, 1.165) is 23.2 Å². The number of pyridine rings is 1. The number of nitrogens with zero attached hydrogens (tertiary/aromatic N) is 3. The summed E-state index contributed by atoms with van der Waals surface area (Å²) < 4.78 is 0. The number of aliphatic hydroxyl groups is 1. The van der Waals surface area contributed by atoms with Gasteiger partial charge in [-0.1, -0.05) is 36.4 Å². The molecule has 2 aromatic carbocycles. The molecule has 0 aliphatic carbocycles. The number of piperazine rings is 1. The lowest BCUT2D eigenvalue weighted by Gasteiger charge is -2.44. The van der Waals surface area contributed by atoms with Crippen molar-refractivity contribution in [2.75, 3.05) is 19.7 Å². The Morgan fingerprint density at radius 3 is 2.21 bits per heavy atom. The molecule has 33 heavy (non-hydrogen) atoms. The Labute approximate surface area is 194 Å². The molecule has 1 N–H and O–H groups in total. The van der Waals surface area contributed by atoms with Crippen LogP contribution in [0.15, 0.2) is 73.1 Å². The Kier molecular flexibility index (Phi) is 6.96. The second-order valence-corrected chi connectivity index (χ2v) is 8.68. The zero-order chi connectivity index (χ0) is 23.4. The molecule has 0 unspecified atom stereocenters. The van der Waals surface area contributed by atoms with Gasteiger partial charge in [-0.2, -0.15) is 0 Å². The third-order valence-electron chi connectivity index (χ3n) is 6.30. The van der Waals surface area contributed by atoms with Crippen LogP contribution in [0.3, 0.4) is 0 Å². The van der Waals surface area contributed by atoms with Crippen LogP contribution in [-0.2, 0) is 6.54 Å². The van der Waals surface area contributed by atoms with Gasteiger partial charge in [-0.15, -0.1) is 0 Å². The third-order valence-corrected chi connectivity index (χ3v) is 6.30. The van der Waals surface area contributed by atoms with Gasteiger partial charge in [-0.05, 0) is 54.8 Å². The van der Waals surface area contributed by atoms with Crippen LogP contribution in [0.25, 0.3) is 11.1 Å². The van der Waals surface area contributed by atoms with Crippen molar-refractivity contribution in [3.8, 4) is 11.1 Å². The van der Waals surface area contributed by atoms with Crippen LogP contribution in [0.4, 0.5) is 0 Å². The fourth-order valence-corrected chi connectivity index (χ4v) is 4.49. The highest BCUT2D eigenvalue weighted by Gasteiger charge is 2.32. The van der Waals surface area contributed by atoms with Crippen LogP contribution >= 0.6 is 0 Å². The summed E-state index contributed by atoms with van der Waals surface area (Å²) in [5.74, 6) is -0.223. The van der Waals surface area contributed by atoms with Crippen molar-refractivity contribution in [1.82, 2.24) is 14.8 Å². The minimum absolute atomic E-state index is 0.0520. The molecule has 0 bridgehead atoms. The Morgan fingerprint density at radius 2 is 1.58 bits per heavy atom. The Hall–Kier alpha value is -3.35. The first-order chi connectivity index (χ1) is 16.0. The molecule has 1 saturated heterocycles. The topological polar surface area (TPSA) is 73.7 Å². The van der Waals surface area contributed by atoms with Gasteiger partial charge in [0.1, 0.15) is 6.61 Å². The third kappa shape index (κ3) is 5.18. The summed E-state index contributed by atoms with van der Waals surface area (Å²) in [6, 6.07) is 19.4. The van der Waals surface area contributed by atoms with Gasteiger partial charge >= 0.3 is 0 Å². The van der Waals surface area contributed by atoms with E-state index in [-0.39, 0.29) is 23.8 Å². The Morgan fingerprint density at radius 1 is 0.909 bits per heavy atom. The number of amides is 1. The highest BCUT2D eigenvalue weighted by molar-refractivity contribution is 5.97. The summed E-state index contributed by atoms with van der Waals surface area (Å²) >= 11 is 0. The summed E-state index contributed by atoms with van der Waals surface area (Å²) in [7, 11) is 0. The zero-order valence-corrected chi connectivity index (χ0v) is 19.0. The Bertz CT molecular complexity index is 1100. The molecule has 1 aromatic heterocycles. The molecule has 2 heterocycles. The van der Waals surface area contributed by atoms with E-state index in [1.807, 2.05) is 53.4 Å². The predicted octanol–water partition coefficient (Wildman–Crippen LogP) is 3.66. The lowest BCUT2D eigenvalue weighted by Crippen LogP contribution is -2.57. The Balaban J connectivity index is 1.43. The maximum absolute atomic E-state index is 13.3. The van der Waals surface area contributed by atoms with E-state index in [0.29, 0.717) is 24.2 Å². The molecular weight excluding hydrogens is 414 g/mol. The standard InChI is InChI=1S/C27H29N3O3/c1-19-15-29(27(33)25-5-3-4-24(14-25)22-10-12-28-13-11-22)16-20(2)30(19)17-21-6-8-23(9-7-21)26(32)18-31/h3-14,19-20,31H,15-18H2,1-2H3/t19-,20+. The summed E-state index contributed by atoms with van der Waals surface area (Å²) in [4.78, 5) is 33.3. The molecule has 0 radical (unpaired) electrons. The van der Waals surface area contributed by atoms with Gasteiger partial charge in [0, 0.05) is 55.2 Å². The maximum atomic E-state index is 13.3. The van der Waals surface area contributed by atoms with Gasteiger partial charge < -0.3 is 10.0 Å². The van der Waals surface area contributed by atoms with Gasteiger partial charge in [-0.3, -0.25) is 19.5 Å². The first-order valence-electron chi connectivity index (χ1n) is 11.2. The largest absolute Gasteiger partial charge is 0.388 e. The number of carbonyl (C=O) groups excluding carboxylic acids is 2. The first-order valence-corrected chi connectivity index (χ1v) is 11.2. The SMILES string of the molecule is C[C@@H]1CN(C(=O)c2cccc(-c3ccncc3)c2)C[C@H](C)N1Cc1ccc(C(=O)CO)cc1. The van der Waals surface area contributed by atoms with E-state index in [1.165, 1.54) is 0 Å². The van der Waals surface area contributed by atoms with Crippen molar-refractivity contribution in [2.45, 2.75) is 32.5 Å². The number of rotatable bonds is 6. The number of benzene rings is 2. The van der Waals surface area contributed by atoms with Crippen LogP contribution in [0.2, 0.25) is 0 Å². The number of aromatic nitrogens is 1. The minimum atomic E-state index is -0.477. The van der Waals surface area contributed by atoms with E-state index in [1.54, 1.807) is 24.5 Å². The molecule has 1 amide bonds. The van der Waals surface area contributed by atoms with Gasteiger partial charge in [0.15, 0.2) is 5.78 Å². The lowest BCUT2D eigenvalue weighted by molar-refractivity contribution is 0.0270. The zero-order valence-electron chi connectivity index (χ0n) is 19.0. The molecule has 3 aromatic rings. The van der Waals surface area contributed by atoms with E-state index < -0.39 is 6.61 Å². The second kappa shape index (κ2) is 10.1. The molecule has 6 heteroatoms. The smallest absolute Gasteiger partial charge is 0.253 e. The predicted molar refractivity (Wildman–Crippen MR) is 128 cm³/mol. The van der Waals surface area contributed by atoms with Gasteiger partial charge in [-0.25, -0.2) is 0 Å². The summed E-state index contributed by atoms with van der Waals surface area (Å²) in [5, 5.41) is 9.02. The number of aliphatic hydroxyl groups excluding tert-OH is 1. The van der Waals surface area contributed by atoms with Crippen LogP contribution in [0.5, 0.6) is 0 Å².